The third kappa shape index (κ3) is 0.660. The van der Waals surface area contributed by atoms with Crippen LogP contribution >= 0.6 is 0 Å². The van der Waals surface area contributed by atoms with E-state index in [1.54, 1.807) is 0 Å². The van der Waals surface area contributed by atoms with Gasteiger partial charge in [0.25, 0.3) is 0 Å². The minimum absolute atomic E-state index is 1.01. The summed E-state index contributed by atoms with van der Waals surface area (Å²) in [5.41, 5.74) is 2.24. The Hall–Kier alpha value is -0.720. The number of H-pyrrole nitrogens is 1. The molecule has 1 N–H and O–H groups in total. The number of nitrogens with one attached hydrogen (secondary N) is 1. The van der Waals surface area contributed by atoms with Crippen LogP contribution in [0.3, 0.4) is 0 Å². The molecular weight excluding hydrogens is 86.1 g/mol. The van der Waals surface area contributed by atoms with E-state index in [9.17, 15) is 0 Å². The van der Waals surface area contributed by atoms with E-state index in [1.807, 2.05) is 19.2 Å². The second-order valence-corrected chi connectivity index (χ2v) is 1.64. The van der Waals surface area contributed by atoms with E-state index in [0.29, 0.717) is 0 Å². The minimum atomic E-state index is 1.01. The number of hydrogen-bond acceptors (Lipinski definition) is 0. The van der Waals surface area contributed by atoms with Crippen molar-refractivity contribution in [3.63, 3.8) is 0 Å². The molecule has 0 aliphatic rings. The van der Waals surface area contributed by atoms with Crippen LogP contribution in [0.15, 0.2) is 12.3 Å². The van der Waals surface area contributed by atoms with E-state index in [1.165, 1.54) is 5.56 Å². The molecule has 0 unspecified atom stereocenters. The molecule has 0 aliphatic carbocycles. The second-order valence-electron chi connectivity index (χ2n) is 1.64. The van der Waals surface area contributed by atoms with Gasteiger partial charge < -0.3 is 4.98 Å². The van der Waals surface area contributed by atoms with Crippen LogP contribution in [0.4, 0.5) is 0 Å². The monoisotopic (exact) mass is 94.1 g/mol. The van der Waals surface area contributed by atoms with Crippen molar-refractivity contribution in [2.75, 3.05) is 0 Å². The molecule has 0 aromatic carbocycles. The molecule has 1 aromatic heterocycles. The van der Waals surface area contributed by atoms with Crippen molar-refractivity contribution in [1.29, 1.82) is 0 Å². The van der Waals surface area contributed by atoms with Crippen LogP contribution in [0.1, 0.15) is 11.3 Å². The summed E-state index contributed by atoms with van der Waals surface area (Å²) >= 11 is 0. The molecule has 0 spiro atoms. The summed E-state index contributed by atoms with van der Waals surface area (Å²) in [6.45, 7) is 5.75. The Kier molecular flexibility index (Phi) is 0.895. The Labute approximate surface area is 43.4 Å². The van der Waals surface area contributed by atoms with Crippen molar-refractivity contribution in [2.24, 2.45) is 0 Å². The second kappa shape index (κ2) is 1.41. The van der Waals surface area contributed by atoms with Crippen molar-refractivity contribution in [3.8, 4) is 0 Å². The maximum atomic E-state index is 3.72. The molecule has 0 aliphatic heterocycles. The van der Waals surface area contributed by atoms with Gasteiger partial charge in [0.1, 0.15) is 0 Å². The summed E-state index contributed by atoms with van der Waals surface area (Å²) in [6, 6.07) is 2.00. The number of rotatable bonds is 0. The lowest BCUT2D eigenvalue weighted by molar-refractivity contribution is 1.31. The van der Waals surface area contributed by atoms with E-state index in [-0.39, 0.29) is 0 Å². The van der Waals surface area contributed by atoms with Crippen molar-refractivity contribution >= 4 is 0 Å². The molecule has 0 fully saturated rings. The Balaban J connectivity index is 3.12. The Morgan fingerprint density at radius 2 is 2.43 bits per heavy atom. The summed E-state index contributed by atoms with van der Waals surface area (Å²) < 4.78 is 0. The van der Waals surface area contributed by atoms with Gasteiger partial charge in [0.2, 0.25) is 0 Å². The van der Waals surface area contributed by atoms with Gasteiger partial charge in [0.05, 0.1) is 0 Å². The largest absolute Gasteiger partial charge is 0.365 e. The molecule has 1 nitrogen and oxygen atoms in total. The molecule has 0 saturated carbocycles. The van der Waals surface area contributed by atoms with Gasteiger partial charge in [-0.2, -0.15) is 0 Å². The number of aromatic amines is 1. The van der Waals surface area contributed by atoms with Crippen molar-refractivity contribution in [2.45, 2.75) is 6.92 Å². The van der Waals surface area contributed by atoms with E-state index in [4.69, 9.17) is 0 Å². The summed E-state index contributed by atoms with van der Waals surface area (Å²) in [5.74, 6) is 0. The fourth-order valence-corrected chi connectivity index (χ4v) is 0.482. The molecule has 1 aromatic rings. The highest BCUT2D eigenvalue weighted by Gasteiger charge is 1.85. The van der Waals surface area contributed by atoms with Crippen LogP contribution in [0.5, 0.6) is 0 Å². The van der Waals surface area contributed by atoms with Crippen molar-refractivity contribution in [1.82, 2.24) is 4.98 Å². The van der Waals surface area contributed by atoms with Gasteiger partial charge >= 0.3 is 0 Å². The maximum absolute atomic E-state index is 3.72. The lowest BCUT2D eigenvalue weighted by Crippen LogP contribution is -1.69. The van der Waals surface area contributed by atoms with E-state index in [2.05, 4.69) is 11.9 Å². The van der Waals surface area contributed by atoms with E-state index < -0.39 is 0 Å². The van der Waals surface area contributed by atoms with Crippen LogP contribution in [-0.4, -0.2) is 4.98 Å². The summed E-state index contributed by atoms with van der Waals surface area (Å²) in [4.78, 5) is 2.96. The fraction of sp³-hybridized carbons (Fsp3) is 0.167. The molecular formula is C6H8N. The minimum Gasteiger partial charge on any atom is -0.365 e. The predicted octanol–water partition coefficient (Wildman–Crippen LogP) is 1.51. The Morgan fingerprint density at radius 3 is 2.57 bits per heavy atom. The molecule has 0 bridgehead atoms. The van der Waals surface area contributed by atoms with Gasteiger partial charge in [-0.3, -0.25) is 0 Å². The highest BCUT2D eigenvalue weighted by Crippen LogP contribution is 1.99. The number of aryl methyl sites for hydroxylation is 1. The lowest BCUT2D eigenvalue weighted by atomic mass is 10.3. The zero-order valence-electron chi connectivity index (χ0n) is 4.36. The van der Waals surface area contributed by atoms with Crippen LogP contribution in [0.25, 0.3) is 0 Å². The van der Waals surface area contributed by atoms with Gasteiger partial charge in [-0.1, -0.05) is 0 Å². The Morgan fingerprint density at radius 1 is 1.71 bits per heavy atom. The number of hydrogen-bond donors (Lipinski definition) is 1. The van der Waals surface area contributed by atoms with E-state index in [0.717, 1.165) is 5.69 Å². The van der Waals surface area contributed by atoms with Crippen LogP contribution in [-0.2, 0) is 0 Å². The van der Waals surface area contributed by atoms with Gasteiger partial charge in [-0.05, 0) is 25.5 Å². The van der Waals surface area contributed by atoms with Gasteiger partial charge in [-0.15, -0.1) is 0 Å². The first-order chi connectivity index (χ1) is 3.30. The van der Waals surface area contributed by atoms with Gasteiger partial charge in [0.15, 0.2) is 0 Å². The third-order valence-corrected chi connectivity index (χ3v) is 1.07. The molecule has 7 heavy (non-hydrogen) atoms. The average Bonchev–Trinajstić information content (AvgIpc) is 1.91. The molecule has 1 heteroatoms. The zero-order valence-corrected chi connectivity index (χ0v) is 4.36. The molecule has 0 atom stereocenters. The highest BCUT2D eigenvalue weighted by molar-refractivity contribution is 5.20. The first-order valence-corrected chi connectivity index (χ1v) is 2.26. The predicted molar refractivity (Wildman–Crippen MR) is 30.0 cm³/mol. The normalized spacial score (nSPS) is 9.43. The maximum Gasteiger partial charge on any atom is 0.0180 e. The smallest absolute Gasteiger partial charge is 0.0180 e. The average molecular weight is 94.1 g/mol. The quantitative estimate of drug-likeness (QED) is 0.501. The van der Waals surface area contributed by atoms with E-state index >= 15 is 0 Å². The van der Waals surface area contributed by atoms with Crippen LogP contribution < -0.4 is 0 Å². The number of aromatic nitrogens is 1. The molecule has 0 amide bonds. The fourth-order valence-electron chi connectivity index (χ4n) is 0.482. The summed E-state index contributed by atoms with van der Waals surface area (Å²) in [6.07, 6.45) is 1.89. The first-order valence-electron chi connectivity index (χ1n) is 2.26. The zero-order chi connectivity index (χ0) is 5.28. The molecule has 1 rings (SSSR count). The SMILES string of the molecule is [CH2]c1[nH]ccc1C. The molecule has 37 valence electrons. The molecule has 0 saturated heterocycles. The standard InChI is InChI=1S/C6H8N/c1-5-3-4-7-6(5)2/h3-4,7H,2H2,1H3. The summed E-state index contributed by atoms with van der Waals surface area (Å²) in [7, 11) is 0. The molecule has 1 radical (unpaired) electrons. The van der Waals surface area contributed by atoms with Crippen LogP contribution in [0, 0.1) is 13.8 Å². The van der Waals surface area contributed by atoms with Crippen LogP contribution in [0.2, 0.25) is 0 Å². The van der Waals surface area contributed by atoms with Gasteiger partial charge in [-0.25, -0.2) is 0 Å². The lowest BCUT2D eigenvalue weighted by Gasteiger charge is -1.81. The summed E-state index contributed by atoms with van der Waals surface area (Å²) in [5, 5.41) is 0. The van der Waals surface area contributed by atoms with Crippen molar-refractivity contribution in [3.05, 3.63) is 30.4 Å². The topological polar surface area (TPSA) is 15.8 Å². The molecule has 1 heterocycles. The first kappa shape index (κ1) is 4.44. The van der Waals surface area contributed by atoms with Crippen molar-refractivity contribution < 1.29 is 0 Å². The van der Waals surface area contributed by atoms with Gasteiger partial charge in [0, 0.05) is 11.9 Å². The Bertz CT molecular complexity index is 136. The highest BCUT2D eigenvalue weighted by atomic mass is 14.7. The third-order valence-electron chi connectivity index (χ3n) is 1.07.